The third-order valence-corrected chi connectivity index (χ3v) is 3.61. The van der Waals surface area contributed by atoms with Crippen molar-refractivity contribution < 1.29 is 18.6 Å². The van der Waals surface area contributed by atoms with Crippen molar-refractivity contribution in [3.63, 3.8) is 0 Å². The van der Waals surface area contributed by atoms with E-state index in [0.717, 1.165) is 0 Å². The van der Waals surface area contributed by atoms with Crippen LogP contribution in [0.2, 0.25) is 0 Å². The minimum absolute atomic E-state index is 0.400. The summed E-state index contributed by atoms with van der Waals surface area (Å²) in [5.41, 5.74) is 0.190. The fourth-order valence-electron chi connectivity index (χ4n) is 2.41. The lowest BCUT2D eigenvalue weighted by Crippen LogP contribution is -2.29. The first-order chi connectivity index (χ1) is 10.9. The van der Waals surface area contributed by atoms with Gasteiger partial charge >= 0.3 is 5.63 Å². The smallest absolute Gasteiger partial charge is 0.347 e. The van der Waals surface area contributed by atoms with Crippen LogP contribution in [0.1, 0.15) is 19.4 Å². The summed E-state index contributed by atoms with van der Waals surface area (Å²) in [6.45, 7) is 3.85. The zero-order valence-electron chi connectivity index (χ0n) is 13.5. The molecule has 0 bridgehead atoms. The van der Waals surface area contributed by atoms with E-state index >= 15 is 0 Å². The summed E-state index contributed by atoms with van der Waals surface area (Å²) >= 11 is 0. The Morgan fingerprint density at radius 2 is 1.65 bits per heavy atom. The third kappa shape index (κ3) is 2.95. The number of methoxy groups -OCH3 is 2. The van der Waals surface area contributed by atoms with Gasteiger partial charge in [-0.1, -0.05) is 0 Å². The van der Waals surface area contributed by atoms with Crippen molar-refractivity contribution in [3.8, 4) is 28.6 Å². The number of hydrogen-bond donors (Lipinski definition) is 0. The van der Waals surface area contributed by atoms with Gasteiger partial charge in [0.05, 0.1) is 14.2 Å². The first kappa shape index (κ1) is 15.2. The summed E-state index contributed by atoms with van der Waals surface area (Å²) in [7, 11) is 3.13. The Kier molecular flexibility index (Phi) is 3.64. The number of fused-ring (bicyclic) bond motifs is 1. The number of ether oxygens (including phenoxy) is 3. The van der Waals surface area contributed by atoms with Gasteiger partial charge in [-0.15, -0.1) is 0 Å². The van der Waals surface area contributed by atoms with Crippen molar-refractivity contribution in [3.05, 3.63) is 46.3 Å². The van der Waals surface area contributed by atoms with Gasteiger partial charge in [0.25, 0.3) is 0 Å². The highest BCUT2D eigenvalue weighted by Crippen LogP contribution is 2.34. The van der Waals surface area contributed by atoms with Crippen LogP contribution in [0.5, 0.6) is 17.2 Å². The molecule has 1 aliphatic heterocycles. The van der Waals surface area contributed by atoms with Crippen LogP contribution >= 0.6 is 0 Å². The predicted molar refractivity (Wildman–Crippen MR) is 87.3 cm³/mol. The Hall–Kier alpha value is -2.69. The van der Waals surface area contributed by atoms with E-state index in [2.05, 4.69) is 0 Å². The molecule has 120 valence electrons. The first-order valence-electron chi connectivity index (χ1n) is 7.22. The van der Waals surface area contributed by atoms with Crippen LogP contribution in [-0.4, -0.2) is 19.8 Å². The fourth-order valence-corrected chi connectivity index (χ4v) is 2.41. The molecule has 0 fully saturated rings. The Balaban J connectivity index is 2.14. The molecule has 23 heavy (non-hydrogen) atoms. The molecule has 2 aromatic rings. The van der Waals surface area contributed by atoms with Gasteiger partial charge in [-0.3, -0.25) is 0 Å². The van der Waals surface area contributed by atoms with Gasteiger partial charge < -0.3 is 18.6 Å². The highest BCUT2D eigenvalue weighted by atomic mass is 16.5. The van der Waals surface area contributed by atoms with Crippen LogP contribution in [0.15, 0.2) is 39.6 Å². The standard InChI is InChI=1S/C18H18O5/c1-18(2)6-5-14-16(23-18)10-15(22-17(14)19)11-7-12(20-3)9-13(8-11)21-4/h5-10H,1-4H3. The minimum Gasteiger partial charge on any atom is -0.497 e. The molecule has 0 saturated carbocycles. The molecule has 5 heteroatoms. The second-order valence-corrected chi connectivity index (χ2v) is 5.82. The molecule has 0 amide bonds. The fraction of sp³-hybridized carbons (Fsp3) is 0.278. The number of benzene rings is 1. The van der Waals surface area contributed by atoms with Crippen LogP contribution in [-0.2, 0) is 0 Å². The second kappa shape index (κ2) is 5.50. The highest BCUT2D eigenvalue weighted by Gasteiger charge is 2.25. The highest BCUT2D eigenvalue weighted by molar-refractivity contribution is 5.67. The maximum absolute atomic E-state index is 12.2. The predicted octanol–water partition coefficient (Wildman–Crippen LogP) is 3.51. The molecule has 0 unspecified atom stereocenters. The van der Waals surface area contributed by atoms with E-state index in [1.807, 2.05) is 19.9 Å². The first-order valence-corrected chi connectivity index (χ1v) is 7.22. The van der Waals surface area contributed by atoms with Crippen LogP contribution < -0.4 is 19.8 Å². The molecule has 0 spiro atoms. The van der Waals surface area contributed by atoms with Crippen LogP contribution in [0.4, 0.5) is 0 Å². The van der Waals surface area contributed by atoms with Crippen molar-refractivity contribution in [2.75, 3.05) is 14.2 Å². The van der Waals surface area contributed by atoms with Crippen molar-refractivity contribution in [1.82, 2.24) is 0 Å². The van der Waals surface area contributed by atoms with Crippen LogP contribution in [0.25, 0.3) is 17.4 Å². The lowest BCUT2D eigenvalue weighted by molar-refractivity contribution is 0.157. The van der Waals surface area contributed by atoms with Crippen LogP contribution in [0.3, 0.4) is 0 Å². The molecule has 0 N–H and O–H groups in total. The Labute approximate surface area is 134 Å². The van der Waals surface area contributed by atoms with Gasteiger partial charge in [0.2, 0.25) is 0 Å². The largest absolute Gasteiger partial charge is 0.497 e. The van der Waals surface area contributed by atoms with Crippen molar-refractivity contribution in [2.45, 2.75) is 19.4 Å². The maximum Gasteiger partial charge on any atom is 0.347 e. The Morgan fingerprint density at radius 3 is 2.26 bits per heavy atom. The van der Waals surface area contributed by atoms with Crippen molar-refractivity contribution in [1.29, 1.82) is 0 Å². The molecular weight excluding hydrogens is 296 g/mol. The third-order valence-electron chi connectivity index (χ3n) is 3.61. The van der Waals surface area contributed by atoms with E-state index in [0.29, 0.717) is 34.1 Å². The van der Waals surface area contributed by atoms with E-state index in [9.17, 15) is 4.79 Å². The summed E-state index contributed by atoms with van der Waals surface area (Å²) in [6, 6.07) is 7.02. The topological polar surface area (TPSA) is 57.9 Å². The molecule has 0 radical (unpaired) electrons. The summed E-state index contributed by atoms with van der Waals surface area (Å²) in [4.78, 5) is 12.2. The summed E-state index contributed by atoms with van der Waals surface area (Å²) < 4.78 is 21.8. The Bertz CT molecular complexity index is 808. The minimum atomic E-state index is -0.468. The molecule has 2 heterocycles. The summed E-state index contributed by atoms with van der Waals surface area (Å²) in [6.07, 6.45) is 3.57. The molecule has 1 aromatic heterocycles. The van der Waals surface area contributed by atoms with Gasteiger partial charge in [-0.05, 0) is 38.1 Å². The van der Waals surface area contributed by atoms with E-state index in [1.165, 1.54) is 0 Å². The van der Waals surface area contributed by atoms with E-state index < -0.39 is 11.2 Å². The van der Waals surface area contributed by atoms with Crippen LogP contribution in [0, 0.1) is 0 Å². The average molecular weight is 314 g/mol. The summed E-state index contributed by atoms with van der Waals surface area (Å²) in [5.74, 6) is 2.13. The normalized spacial score (nSPS) is 14.8. The zero-order valence-corrected chi connectivity index (χ0v) is 13.5. The van der Waals surface area contributed by atoms with Gasteiger partial charge in [0.15, 0.2) is 0 Å². The lowest BCUT2D eigenvalue weighted by atomic mass is 10.0. The molecule has 0 saturated heterocycles. The molecular formula is C18H18O5. The SMILES string of the molecule is COc1cc(OC)cc(-c2cc3c(c(=O)o2)C=CC(C)(C)O3)c1. The second-order valence-electron chi connectivity index (χ2n) is 5.82. The van der Waals surface area contributed by atoms with E-state index in [-0.39, 0.29) is 0 Å². The maximum atomic E-state index is 12.2. The monoisotopic (exact) mass is 314 g/mol. The number of hydrogen-bond acceptors (Lipinski definition) is 5. The van der Waals surface area contributed by atoms with Gasteiger partial charge in [0, 0.05) is 17.7 Å². The molecule has 0 aliphatic carbocycles. The van der Waals surface area contributed by atoms with Gasteiger partial charge in [0.1, 0.15) is 34.2 Å². The summed E-state index contributed by atoms with van der Waals surface area (Å²) in [5, 5.41) is 0. The van der Waals surface area contributed by atoms with Crippen molar-refractivity contribution in [2.24, 2.45) is 0 Å². The quantitative estimate of drug-likeness (QED) is 0.867. The Morgan fingerprint density at radius 1 is 1.00 bits per heavy atom. The zero-order chi connectivity index (χ0) is 16.6. The van der Waals surface area contributed by atoms with Gasteiger partial charge in [-0.2, -0.15) is 0 Å². The molecule has 1 aromatic carbocycles. The van der Waals surface area contributed by atoms with E-state index in [1.54, 1.807) is 44.6 Å². The van der Waals surface area contributed by atoms with E-state index in [4.69, 9.17) is 18.6 Å². The van der Waals surface area contributed by atoms with Gasteiger partial charge in [-0.25, -0.2) is 4.79 Å². The molecule has 0 atom stereocenters. The average Bonchev–Trinajstić information content (AvgIpc) is 2.52. The molecule has 3 rings (SSSR count). The lowest BCUT2D eigenvalue weighted by Gasteiger charge is -2.27. The molecule has 5 nitrogen and oxygen atoms in total. The molecule has 1 aliphatic rings. The van der Waals surface area contributed by atoms with Crippen molar-refractivity contribution >= 4 is 6.08 Å². The number of rotatable bonds is 3.